The molecule has 0 saturated carbocycles. The molecule has 1 N–H and O–H groups in total. The van der Waals surface area contributed by atoms with Gasteiger partial charge in [0, 0.05) is 24.1 Å². The van der Waals surface area contributed by atoms with Crippen LogP contribution in [0.4, 0.5) is 5.69 Å². The van der Waals surface area contributed by atoms with Crippen molar-refractivity contribution in [3.05, 3.63) is 83.9 Å². The summed E-state index contributed by atoms with van der Waals surface area (Å²) >= 11 is 1.65. The molecule has 0 spiro atoms. The van der Waals surface area contributed by atoms with Gasteiger partial charge < -0.3 is 10.1 Å². The van der Waals surface area contributed by atoms with E-state index in [0.29, 0.717) is 18.0 Å². The zero-order valence-electron chi connectivity index (χ0n) is 17.5. The van der Waals surface area contributed by atoms with Gasteiger partial charge in [0.2, 0.25) is 0 Å². The Balaban J connectivity index is 1.74. The fourth-order valence-electron chi connectivity index (χ4n) is 2.91. The summed E-state index contributed by atoms with van der Waals surface area (Å²) < 4.78 is 32.4. The number of carbonyl (C=O) groups excluding carboxylic acids is 1. The highest BCUT2D eigenvalue weighted by Gasteiger charge is 2.22. The Morgan fingerprint density at radius 2 is 1.71 bits per heavy atom. The lowest BCUT2D eigenvalue weighted by molar-refractivity contribution is 0.0950. The first-order valence-electron chi connectivity index (χ1n) is 9.49. The van der Waals surface area contributed by atoms with Crippen molar-refractivity contribution in [1.82, 2.24) is 5.32 Å². The van der Waals surface area contributed by atoms with Crippen LogP contribution in [0, 0.1) is 0 Å². The molecule has 162 valence electrons. The highest BCUT2D eigenvalue weighted by molar-refractivity contribution is 7.98. The third-order valence-electron chi connectivity index (χ3n) is 4.80. The molecule has 8 heteroatoms. The molecule has 0 aliphatic carbocycles. The van der Waals surface area contributed by atoms with E-state index in [1.54, 1.807) is 55.3 Å². The summed E-state index contributed by atoms with van der Waals surface area (Å²) in [5, 5.41) is 2.84. The van der Waals surface area contributed by atoms with Crippen LogP contribution in [0.25, 0.3) is 0 Å². The van der Waals surface area contributed by atoms with Crippen molar-refractivity contribution in [2.24, 2.45) is 0 Å². The van der Waals surface area contributed by atoms with Gasteiger partial charge in [0.05, 0.1) is 17.7 Å². The normalized spacial score (nSPS) is 11.1. The van der Waals surface area contributed by atoms with Gasteiger partial charge in [0.1, 0.15) is 5.75 Å². The molecule has 0 bridgehead atoms. The molecule has 0 aromatic heterocycles. The van der Waals surface area contributed by atoms with Gasteiger partial charge >= 0.3 is 0 Å². The summed E-state index contributed by atoms with van der Waals surface area (Å²) in [4.78, 5) is 13.8. The average molecular weight is 457 g/mol. The number of rotatable bonds is 8. The second-order valence-corrected chi connectivity index (χ2v) is 9.58. The largest absolute Gasteiger partial charge is 0.497 e. The van der Waals surface area contributed by atoms with Crippen LogP contribution in [-0.4, -0.2) is 34.7 Å². The van der Waals surface area contributed by atoms with Gasteiger partial charge in [-0.2, -0.15) is 0 Å². The standard InChI is InChI=1S/C23H24N2O4S2/c1-25(19-9-11-20(29-2)12-10-19)31(27,28)22-6-4-5-18(15-22)23(26)24-16-17-7-13-21(30-3)14-8-17/h4-15H,16H2,1-3H3,(H,24,26). The molecule has 0 heterocycles. The Bertz CT molecular complexity index is 1140. The number of anilines is 1. The molecule has 3 rings (SSSR count). The molecule has 0 unspecified atom stereocenters. The first-order valence-corrected chi connectivity index (χ1v) is 12.2. The van der Waals surface area contributed by atoms with E-state index in [-0.39, 0.29) is 16.4 Å². The second-order valence-electron chi connectivity index (χ2n) is 6.73. The van der Waals surface area contributed by atoms with E-state index >= 15 is 0 Å². The minimum absolute atomic E-state index is 0.0443. The number of hydrogen-bond donors (Lipinski definition) is 1. The lowest BCUT2D eigenvalue weighted by Gasteiger charge is -2.20. The van der Waals surface area contributed by atoms with E-state index in [0.717, 1.165) is 10.5 Å². The van der Waals surface area contributed by atoms with Crippen LogP contribution in [0.1, 0.15) is 15.9 Å². The maximum absolute atomic E-state index is 13.1. The van der Waals surface area contributed by atoms with Gasteiger partial charge in [-0.05, 0) is 66.4 Å². The Labute approximate surface area is 187 Å². The van der Waals surface area contributed by atoms with E-state index < -0.39 is 10.0 Å². The molecule has 0 aliphatic heterocycles. The number of benzene rings is 3. The van der Waals surface area contributed by atoms with Crippen molar-refractivity contribution in [3.8, 4) is 5.75 Å². The Morgan fingerprint density at radius 3 is 2.32 bits per heavy atom. The van der Waals surface area contributed by atoms with Gasteiger partial charge in [-0.1, -0.05) is 18.2 Å². The third-order valence-corrected chi connectivity index (χ3v) is 7.33. The molecule has 6 nitrogen and oxygen atoms in total. The highest BCUT2D eigenvalue weighted by Crippen LogP contribution is 2.24. The SMILES string of the molecule is COc1ccc(N(C)S(=O)(=O)c2cccc(C(=O)NCc3ccc(SC)cc3)c2)cc1. The number of nitrogens with zero attached hydrogens (tertiary/aromatic N) is 1. The summed E-state index contributed by atoms with van der Waals surface area (Å²) in [7, 11) is -0.811. The summed E-state index contributed by atoms with van der Waals surface area (Å²) in [6.45, 7) is 0.357. The van der Waals surface area contributed by atoms with Crippen molar-refractivity contribution in [2.75, 3.05) is 24.7 Å². The highest BCUT2D eigenvalue weighted by atomic mass is 32.2. The molecule has 3 aromatic rings. The minimum atomic E-state index is -3.83. The predicted molar refractivity (Wildman–Crippen MR) is 124 cm³/mol. The molecule has 0 aliphatic rings. The maximum atomic E-state index is 13.1. The number of ether oxygens (including phenoxy) is 1. The van der Waals surface area contributed by atoms with E-state index in [4.69, 9.17) is 4.74 Å². The van der Waals surface area contributed by atoms with Gasteiger partial charge in [-0.25, -0.2) is 8.42 Å². The van der Waals surface area contributed by atoms with Crippen LogP contribution in [0.15, 0.2) is 82.6 Å². The molecule has 31 heavy (non-hydrogen) atoms. The number of methoxy groups -OCH3 is 1. The lowest BCUT2D eigenvalue weighted by atomic mass is 10.2. The number of thioether (sulfide) groups is 1. The van der Waals surface area contributed by atoms with Gasteiger partial charge in [-0.15, -0.1) is 11.8 Å². The zero-order chi connectivity index (χ0) is 22.4. The van der Waals surface area contributed by atoms with Crippen molar-refractivity contribution >= 4 is 33.4 Å². The Kier molecular flexibility index (Phi) is 7.25. The average Bonchev–Trinajstić information content (AvgIpc) is 2.82. The third kappa shape index (κ3) is 5.39. The van der Waals surface area contributed by atoms with E-state index in [1.165, 1.54) is 23.5 Å². The number of hydrogen-bond acceptors (Lipinski definition) is 5. The molecule has 0 saturated heterocycles. The lowest BCUT2D eigenvalue weighted by Crippen LogP contribution is -2.27. The summed E-state index contributed by atoms with van der Waals surface area (Å²) in [6, 6.07) is 20.6. The van der Waals surface area contributed by atoms with E-state index in [1.807, 2.05) is 30.5 Å². The van der Waals surface area contributed by atoms with Crippen LogP contribution >= 0.6 is 11.8 Å². The van der Waals surface area contributed by atoms with Crippen LogP contribution in [0.2, 0.25) is 0 Å². The number of nitrogens with one attached hydrogen (secondary N) is 1. The van der Waals surface area contributed by atoms with Gasteiger partial charge in [0.15, 0.2) is 0 Å². The first kappa shape index (κ1) is 22.7. The van der Waals surface area contributed by atoms with Gasteiger partial charge in [-0.3, -0.25) is 9.10 Å². The second kappa shape index (κ2) is 9.89. The van der Waals surface area contributed by atoms with Crippen LogP contribution in [0.3, 0.4) is 0 Å². The number of sulfonamides is 1. The minimum Gasteiger partial charge on any atom is -0.497 e. The van der Waals surface area contributed by atoms with Crippen LogP contribution in [-0.2, 0) is 16.6 Å². The predicted octanol–water partition coefficient (Wildman–Crippen LogP) is 4.17. The summed E-state index contributed by atoms with van der Waals surface area (Å²) in [5.41, 5.74) is 1.74. The quantitative estimate of drug-likeness (QED) is 0.515. The molecular weight excluding hydrogens is 432 g/mol. The van der Waals surface area contributed by atoms with Crippen molar-refractivity contribution < 1.29 is 17.9 Å². The monoisotopic (exact) mass is 456 g/mol. The number of carbonyl (C=O) groups is 1. The summed E-state index contributed by atoms with van der Waals surface area (Å²) in [6.07, 6.45) is 2.00. The molecule has 0 radical (unpaired) electrons. The molecule has 0 atom stereocenters. The van der Waals surface area contributed by atoms with Crippen molar-refractivity contribution in [1.29, 1.82) is 0 Å². The van der Waals surface area contributed by atoms with Crippen molar-refractivity contribution in [3.63, 3.8) is 0 Å². The molecular formula is C23H24N2O4S2. The van der Waals surface area contributed by atoms with Gasteiger partial charge in [0.25, 0.3) is 15.9 Å². The smallest absolute Gasteiger partial charge is 0.264 e. The van der Waals surface area contributed by atoms with E-state index in [2.05, 4.69) is 5.32 Å². The molecule has 3 aromatic carbocycles. The van der Waals surface area contributed by atoms with Crippen LogP contribution < -0.4 is 14.4 Å². The molecule has 1 amide bonds. The fraction of sp³-hybridized carbons (Fsp3) is 0.174. The zero-order valence-corrected chi connectivity index (χ0v) is 19.2. The first-order chi connectivity index (χ1) is 14.8. The number of amides is 1. The van der Waals surface area contributed by atoms with Crippen molar-refractivity contribution in [2.45, 2.75) is 16.3 Å². The Hall–Kier alpha value is -2.97. The van der Waals surface area contributed by atoms with Crippen LogP contribution in [0.5, 0.6) is 5.75 Å². The van der Waals surface area contributed by atoms with E-state index in [9.17, 15) is 13.2 Å². The maximum Gasteiger partial charge on any atom is 0.264 e. The summed E-state index contributed by atoms with van der Waals surface area (Å²) in [5.74, 6) is 0.300. The Morgan fingerprint density at radius 1 is 1.03 bits per heavy atom. The molecule has 0 fully saturated rings. The topological polar surface area (TPSA) is 75.7 Å². The fourth-order valence-corrected chi connectivity index (χ4v) is 4.56.